The van der Waals surface area contributed by atoms with Crippen LogP contribution in [0.5, 0.6) is 0 Å². The molecule has 0 saturated heterocycles. The molecule has 1 unspecified atom stereocenters. The molecular formula is C31H43NO2. The summed E-state index contributed by atoms with van der Waals surface area (Å²) in [5.41, 5.74) is 3.18. The van der Waals surface area contributed by atoms with Crippen molar-refractivity contribution >= 4 is 5.69 Å². The van der Waals surface area contributed by atoms with Crippen LogP contribution < -0.4 is 4.90 Å². The molecule has 184 valence electrons. The van der Waals surface area contributed by atoms with E-state index in [2.05, 4.69) is 81.9 Å². The Balaban J connectivity index is 1.63. The minimum atomic E-state index is -0.889. The second-order valence-corrected chi connectivity index (χ2v) is 12.3. The third-order valence-electron chi connectivity index (χ3n) is 10.5. The van der Waals surface area contributed by atoms with Crippen LogP contribution >= 0.6 is 0 Å². The van der Waals surface area contributed by atoms with Gasteiger partial charge in [-0.05, 0) is 91.7 Å². The first kappa shape index (κ1) is 24.0. The first-order valence-electron chi connectivity index (χ1n) is 13.5. The molecule has 0 spiro atoms. The summed E-state index contributed by atoms with van der Waals surface area (Å²) in [4.78, 5) is 2.16. The van der Waals surface area contributed by atoms with Crippen molar-refractivity contribution in [3.8, 4) is 11.8 Å². The lowest BCUT2D eigenvalue weighted by molar-refractivity contribution is -0.112. The molecule has 3 saturated carbocycles. The van der Waals surface area contributed by atoms with Crippen molar-refractivity contribution in [1.82, 2.24) is 0 Å². The van der Waals surface area contributed by atoms with Crippen LogP contribution in [0.4, 0.5) is 5.69 Å². The highest BCUT2D eigenvalue weighted by atomic mass is 16.3. The lowest BCUT2D eigenvalue weighted by atomic mass is 9.43. The molecule has 1 aromatic rings. The van der Waals surface area contributed by atoms with Crippen LogP contribution in [0.2, 0.25) is 0 Å². The van der Waals surface area contributed by atoms with Crippen molar-refractivity contribution in [3.63, 3.8) is 0 Å². The first-order valence-corrected chi connectivity index (χ1v) is 13.5. The van der Waals surface area contributed by atoms with Crippen LogP contribution in [0.15, 0.2) is 35.9 Å². The highest BCUT2D eigenvalue weighted by molar-refractivity contribution is 5.47. The number of hydrogen-bond acceptors (Lipinski definition) is 3. The fourth-order valence-electron chi connectivity index (χ4n) is 8.68. The zero-order chi connectivity index (χ0) is 24.3. The lowest BCUT2D eigenvalue weighted by Crippen LogP contribution is -2.57. The third-order valence-corrected chi connectivity index (χ3v) is 10.5. The molecule has 4 aliphatic rings. The zero-order valence-corrected chi connectivity index (χ0v) is 21.8. The molecule has 4 aliphatic carbocycles. The molecule has 1 aromatic carbocycles. The van der Waals surface area contributed by atoms with Crippen LogP contribution in [0.3, 0.4) is 0 Å². The Kier molecular flexibility index (Phi) is 5.93. The van der Waals surface area contributed by atoms with E-state index in [1.165, 1.54) is 23.2 Å². The van der Waals surface area contributed by atoms with Gasteiger partial charge in [0.05, 0.1) is 6.10 Å². The zero-order valence-electron chi connectivity index (χ0n) is 21.8. The number of aliphatic hydroxyl groups is 2. The van der Waals surface area contributed by atoms with Gasteiger partial charge in [-0.2, -0.15) is 0 Å². The number of fused-ring (bicyclic) bond motifs is 5. The topological polar surface area (TPSA) is 43.7 Å². The fraction of sp³-hybridized carbons (Fsp3) is 0.677. The maximum Gasteiger partial charge on any atom is 0.131 e. The maximum atomic E-state index is 12.0. The summed E-state index contributed by atoms with van der Waals surface area (Å²) in [5, 5.41) is 22.4. The number of hydrogen-bond donors (Lipinski definition) is 2. The smallest absolute Gasteiger partial charge is 0.131 e. The predicted molar refractivity (Wildman–Crippen MR) is 140 cm³/mol. The number of allylic oxidation sites excluding steroid dienone is 1. The monoisotopic (exact) mass is 461 g/mol. The van der Waals surface area contributed by atoms with Crippen LogP contribution in [0.1, 0.15) is 83.6 Å². The maximum absolute atomic E-state index is 12.0. The summed E-state index contributed by atoms with van der Waals surface area (Å²) in [6, 6.07) is 9.18. The van der Waals surface area contributed by atoms with E-state index in [1.807, 2.05) is 0 Å². The van der Waals surface area contributed by atoms with Crippen molar-refractivity contribution in [2.75, 3.05) is 19.0 Å². The minimum Gasteiger partial charge on any atom is -0.389 e. The molecule has 3 heteroatoms. The van der Waals surface area contributed by atoms with Crippen LogP contribution in [0, 0.1) is 40.4 Å². The highest BCUT2D eigenvalue weighted by Gasteiger charge is 2.66. The Bertz CT molecular complexity index is 1020. The average molecular weight is 462 g/mol. The second kappa shape index (κ2) is 8.42. The van der Waals surface area contributed by atoms with E-state index in [-0.39, 0.29) is 16.9 Å². The number of nitrogens with zero attached hydrogens (tertiary/aromatic N) is 1. The van der Waals surface area contributed by atoms with Gasteiger partial charge in [0.1, 0.15) is 5.60 Å². The first-order chi connectivity index (χ1) is 16.1. The van der Waals surface area contributed by atoms with Crippen LogP contribution in [0.25, 0.3) is 0 Å². The van der Waals surface area contributed by atoms with Gasteiger partial charge in [-0.25, -0.2) is 0 Å². The Labute approximate surface area is 206 Å². The Morgan fingerprint density at radius 1 is 1.06 bits per heavy atom. The molecular weight excluding hydrogens is 418 g/mol. The highest BCUT2D eigenvalue weighted by Crippen LogP contribution is 2.70. The molecule has 3 fully saturated rings. The van der Waals surface area contributed by atoms with E-state index in [9.17, 15) is 10.2 Å². The Morgan fingerprint density at radius 3 is 2.47 bits per heavy atom. The van der Waals surface area contributed by atoms with E-state index in [0.29, 0.717) is 23.7 Å². The van der Waals surface area contributed by atoms with Gasteiger partial charge in [0, 0.05) is 31.6 Å². The van der Waals surface area contributed by atoms with Crippen molar-refractivity contribution in [1.29, 1.82) is 0 Å². The van der Waals surface area contributed by atoms with Crippen LogP contribution in [-0.4, -0.2) is 36.0 Å². The van der Waals surface area contributed by atoms with E-state index < -0.39 is 5.60 Å². The van der Waals surface area contributed by atoms with Crippen LogP contribution in [-0.2, 0) is 0 Å². The molecule has 0 aliphatic heterocycles. The third kappa shape index (κ3) is 3.48. The van der Waals surface area contributed by atoms with Gasteiger partial charge in [-0.3, -0.25) is 0 Å². The van der Waals surface area contributed by atoms with Gasteiger partial charge in [0.2, 0.25) is 0 Å². The summed E-state index contributed by atoms with van der Waals surface area (Å²) in [7, 11) is 4.18. The normalized spacial score (nSPS) is 43.0. The molecule has 5 rings (SSSR count). The predicted octanol–water partition coefficient (Wildman–Crippen LogP) is 5.91. The molecule has 8 atom stereocenters. The van der Waals surface area contributed by atoms with Gasteiger partial charge in [0.15, 0.2) is 0 Å². The van der Waals surface area contributed by atoms with E-state index in [1.54, 1.807) is 0 Å². The summed E-state index contributed by atoms with van der Waals surface area (Å²) in [5.74, 6) is 8.65. The van der Waals surface area contributed by atoms with Crippen molar-refractivity contribution in [2.45, 2.75) is 89.8 Å². The average Bonchev–Trinajstić information content (AvgIpc) is 3.08. The number of anilines is 1. The van der Waals surface area contributed by atoms with Crippen molar-refractivity contribution < 1.29 is 10.2 Å². The van der Waals surface area contributed by atoms with Gasteiger partial charge >= 0.3 is 0 Å². The van der Waals surface area contributed by atoms with Crippen molar-refractivity contribution in [3.05, 3.63) is 41.5 Å². The SMILES string of the molecule is CCC#C[C@]1(O)CC[C@H]2[C@@H]3CCC4=CC(O)CC[C@]4(C)[C@H]3[C@@H](c3ccc(N(C)C)cc3)C[C@@]21C. The number of aliphatic hydroxyl groups excluding tert-OH is 1. The summed E-state index contributed by atoms with van der Waals surface area (Å²) >= 11 is 0. The summed E-state index contributed by atoms with van der Waals surface area (Å²) < 4.78 is 0. The Morgan fingerprint density at radius 2 is 1.79 bits per heavy atom. The van der Waals surface area contributed by atoms with Crippen molar-refractivity contribution in [2.24, 2.45) is 28.6 Å². The van der Waals surface area contributed by atoms with E-state index in [4.69, 9.17) is 0 Å². The summed E-state index contributed by atoms with van der Waals surface area (Å²) in [6.45, 7) is 6.92. The molecule has 3 nitrogen and oxygen atoms in total. The van der Waals surface area contributed by atoms with E-state index in [0.717, 1.165) is 44.9 Å². The molecule has 0 heterocycles. The summed E-state index contributed by atoms with van der Waals surface area (Å²) in [6.07, 6.45) is 9.75. The largest absolute Gasteiger partial charge is 0.389 e. The van der Waals surface area contributed by atoms with E-state index >= 15 is 0 Å². The number of rotatable bonds is 2. The minimum absolute atomic E-state index is 0.129. The molecule has 0 aromatic heterocycles. The van der Waals surface area contributed by atoms with Gasteiger partial charge < -0.3 is 15.1 Å². The van der Waals surface area contributed by atoms with Gasteiger partial charge in [0.25, 0.3) is 0 Å². The molecule has 34 heavy (non-hydrogen) atoms. The standard InChI is InChI=1S/C31H43NO2/c1-6-7-16-31(34)18-15-27-25-13-10-22-19-24(33)14-17-29(22,2)28(25)26(20-30(27,31)3)21-8-11-23(12-9-21)32(4)5/h8-9,11-12,19,24-28,33-34H,6,10,13-15,17-18,20H2,1-5H3/t24?,25-,26+,27-,28+,29-,30-,31-/m0/s1. The van der Waals surface area contributed by atoms with Gasteiger partial charge in [-0.1, -0.05) is 50.5 Å². The fourth-order valence-corrected chi connectivity index (χ4v) is 8.68. The molecule has 0 amide bonds. The molecule has 0 radical (unpaired) electrons. The Hall–Kier alpha value is -1.76. The lowest BCUT2D eigenvalue weighted by Gasteiger charge is -2.62. The van der Waals surface area contributed by atoms with Gasteiger partial charge in [-0.15, -0.1) is 5.92 Å². The molecule has 2 N–H and O–H groups in total. The molecule has 0 bridgehead atoms. The quantitative estimate of drug-likeness (QED) is 0.425. The number of benzene rings is 1. The second-order valence-electron chi connectivity index (χ2n) is 12.3.